The minimum absolute atomic E-state index is 0.170. The van der Waals surface area contributed by atoms with E-state index in [4.69, 9.17) is 4.98 Å². The van der Waals surface area contributed by atoms with Crippen molar-refractivity contribution in [2.45, 2.75) is 32.6 Å². The van der Waals surface area contributed by atoms with Gasteiger partial charge in [0, 0.05) is 30.4 Å². The molecule has 5 heteroatoms. The Kier molecular flexibility index (Phi) is 4.22. The van der Waals surface area contributed by atoms with Gasteiger partial charge < -0.3 is 4.90 Å². The van der Waals surface area contributed by atoms with Crippen LogP contribution < -0.4 is 0 Å². The number of hydrogen-bond donors (Lipinski definition) is 0. The second-order valence-electron chi connectivity index (χ2n) is 6.67. The molecule has 25 heavy (non-hydrogen) atoms. The Balaban J connectivity index is 1.61. The molecule has 3 aromatic rings. The lowest BCUT2D eigenvalue weighted by Gasteiger charge is -2.26. The van der Waals surface area contributed by atoms with Crippen LogP contribution >= 0.6 is 0 Å². The van der Waals surface area contributed by atoms with Crippen molar-refractivity contribution in [3.05, 3.63) is 53.9 Å². The first-order valence-corrected chi connectivity index (χ1v) is 8.90. The first-order valence-electron chi connectivity index (χ1n) is 8.90. The molecule has 1 amide bonds. The van der Waals surface area contributed by atoms with Crippen molar-refractivity contribution in [2.24, 2.45) is 0 Å². The molecule has 0 aliphatic carbocycles. The minimum Gasteiger partial charge on any atom is -0.342 e. The van der Waals surface area contributed by atoms with Crippen LogP contribution in [-0.4, -0.2) is 38.5 Å². The van der Waals surface area contributed by atoms with Gasteiger partial charge in [0.1, 0.15) is 0 Å². The van der Waals surface area contributed by atoms with E-state index in [0.29, 0.717) is 6.42 Å². The second-order valence-corrected chi connectivity index (χ2v) is 6.67. The summed E-state index contributed by atoms with van der Waals surface area (Å²) in [6.45, 7) is 3.77. The third-order valence-electron chi connectivity index (χ3n) is 4.77. The predicted molar refractivity (Wildman–Crippen MR) is 97.3 cm³/mol. The van der Waals surface area contributed by atoms with Crippen LogP contribution in [0.4, 0.5) is 0 Å². The molecule has 0 radical (unpaired) electrons. The Morgan fingerprint density at radius 1 is 1.08 bits per heavy atom. The molecule has 0 saturated carbocycles. The minimum atomic E-state index is 0.170. The van der Waals surface area contributed by atoms with Crippen LogP contribution in [0.3, 0.4) is 0 Å². The molecule has 1 saturated heterocycles. The Labute approximate surface area is 147 Å². The largest absolute Gasteiger partial charge is 0.342 e. The Hall–Kier alpha value is -2.69. The lowest BCUT2D eigenvalue weighted by Crippen LogP contribution is -2.36. The summed E-state index contributed by atoms with van der Waals surface area (Å²) in [5.74, 6) is 0.170. The summed E-state index contributed by atoms with van der Waals surface area (Å²) in [5, 5.41) is 4.59. The van der Waals surface area contributed by atoms with E-state index in [1.807, 2.05) is 46.7 Å². The van der Waals surface area contributed by atoms with E-state index in [-0.39, 0.29) is 5.91 Å². The monoisotopic (exact) mass is 334 g/mol. The van der Waals surface area contributed by atoms with Gasteiger partial charge in [-0.15, -0.1) is 0 Å². The number of fused-ring (bicyclic) bond motifs is 1. The maximum atomic E-state index is 12.5. The molecule has 4 rings (SSSR count). The smallest absolute Gasteiger partial charge is 0.228 e. The van der Waals surface area contributed by atoms with Crippen LogP contribution in [0.25, 0.3) is 16.9 Å². The van der Waals surface area contributed by atoms with Gasteiger partial charge in [-0.1, -0.05) is 30.3 Å². The number of benzene rings is 1. The zero-order chi connectivity index (χ0) is 17.2. The number of amides is 1. The molecule has 1 fully saturated rings. The lowest BCUT2D eigenvalue weighted by molar-refractivity contribution is -0.131. The highest BCUT2D eigenvalue weighted by Crippen LogP contribution is 2.20. The average Bonchev–Trinajstić information content (AvgIpc) is 3.06. The number of aromatic nitrogens is 3. The third-order valence-corrected chi connectivity index (χ3v) is 4.77. The molecule has 2 aromatic heterocycles. The Morgan fingerprint density at radius 3 is 2.60 bits per heavy atom. The highest BCUT2D eigenvalue weighted by molar-refractivity contribution is 5.78. The van der Waals surface area contributed by atoms with Crippen LogP contribution in [0.5, 0.6) is 0 Å². The molecule has 0 atom stereocenters. The van der Waals surface area contributed by atoms with Crippen molar-refractivity contribution in [3.63, 3.8) is 0 Å². The number of likely N-dealkylation sites (tertiary alicyclic amines) is 1. The molecule has 128 valence electrons. The fourth-order valence-electron chi connectivity index (χ4n) is 3.43. The fourth-order valence-corrected chi connectivity index (χ4v) is 3.43. The molecule has 0 bridgehead atoms. The molecular weight excluding hydrogens is 312 g/mol. The normalized spacial score (nSPS) is 14.8. The van der Waals surface area contributed by atoms with Crippen molar-refractivity contribution < 1.29 is 4.79 Å². The molecule has 3 heterocycles. The van der Waals surface area contributed by atoms with Gasteiger partial charge >= 0.3 is 0 Å². The zero-order valence-electron chi connectivity index (χ0n) is 14.5. The molecule has 0 spiro atoms. The second kappa shape index (κ2) is 6.67. The van der Waals surface area contributed by atoms with Gasteiger partial charge in [0.15, 0.2) is 5.65 Å². The molecule has 1 aromatic carbocycles. The fraction of sp³-hybridized carbons (Fsp3) is 0.350. The topological polar surface area (TPSA) is 50.5 Å². The Morgan fingerprint density at radius 2 is 1.84 bits per heavy atom. The van der Waals surface area contributed by atoms with E-state index in [0.717, 1.165) is 54.2 Å². The van der Waals surface area contributed by atoms with Crippen LogP contribution in [0.15, 0.2) is 42.5 Å². The molecule has 0 unspecified atom stereocenters. The number of hydrogen-bond acceptors (Lipinski definition) is 3. The number of carbonyl (C=O) groups excluding carboxylic acids is 1. The van der Waals surface area contributed by atoms with Gasteiger partial charge in [-0.05, 0) is 32.3 Å². The lowest BCUT2D eigenvalue weighted by atomic mass is 10.1. The van der Waals surface area contributed by atoms with Crippen molar-refractivity contribution in [3.8, 4) is 11.3 Å². The highest BCUT2D eigenvalue weighted by atomic mass is 16.2. The molecule has 1 aliphatic rings. The summed E-state index contributed by atoms with van der Waals surface area (Å²) in [7, 11) is 0. The highest BCUT2D eigenvalue weighted by Gasteiger charge is 2.18. The number of carbonyl (C=O) groups is 1. The average molecular weight is 334 g/mol. The van der Waals surface area contributed by atoms with E-state index >= 15 is 0 Å². The van der Waals surface area contributed by atoms with Gasteiger partial charge in [-0.25, -0.2) is 9.50 Å². The number of nitrogens with zero attached hydrogens (tertiary/aromatic N) is 4. The summed E-state index contributed by atoms with van der Waals surface area (Å²) < 4.78 is 1.82. The van der Waals surface area contributed by atoms with Gasteiger partial charge in [-0.3, -0.25) is 4.79 Å². The van der Waals surface area contributed by atoms with Gasteiger partial charge in [0.25, 0.3) is 0 Å². The SMILES string of the molecule is Cc1cc(-c2ccccc2)nc2cc(CC(=O)N3CCCCC3)nn12. The molecule has 5 nitrogen and oxygen atoms in total. The first-order chi connectivity index (χ1) is 12.2. The van der Waals surface area contributed by atoms with Crippen molar-refractivity contribution in [1.29, 1.82) is 0 Å². The first kappa shape index (κ1) is 15.8. The van der Waals surface area contributed by atoms with Crippen LogP contribution in [-0.2, 0) is 11.2 Å². The standard InChI is InChI=1S/C20H22N4O/c1-15-12-18(16-8-4-2-5-9-16)21-19-13-17(22-24(15)19)14-20(25)23-10-6-3-7-11-23/h2,4-5,8-9,12-13H,3,6-7,10-11,14H2,1H3. The van der Waals surface area contributed by atoms with Crippen molar-refractivity contribution in [2.75, 3.05) is 13.1 Å². The number of piperidine rings is 1. The summed E-state index contributed by atoms with van der Waals surface area (Å²) >= 11 is 0. The van der Waals surface area contributed by atoms with E-state index in [1.165, 1.54) is 6.42 Å². The quantitative estimate of drug-likeness (QED) is 0.739. The van der Waals surface area contributed by atoms with Gasteiger partial charge in [0.05, 0.1) is 17.8 Å². The van der Waals surface area contributed by atoms with E-state index in [2.05, 4.69) is 17.2 Å². The van der Waals surface area contributed by atoms with Crippen LogP contribution in [0.2, 0.25) is 0 Å². The third kappa shape index (κ3) is 3.27. The van der Waals surface area contributed by atoms with Crippen LogP contribution in [0.1, 0.15) is 30.7 Å². The van der Waals surface area contributed by atoms with Crippen molar-refractivity contribution in [1.82, 2.24) is 19.5 Å². The van der Waals surface area contributed by atoms with Gasteiger partial charge in [-0.2, -0.15) is 5.10 Å². The van der Waals surface area contributed by atoms with E-state index < -0.39 is 0 Å². The summed E-state index contributed by atoms with van der Waals surface area (Å²) in [6, 6.07) is 14.1. The maximum absolute atomic E-state index is 12.5. The molecular formula is C20H22N4O. The van der Waals surface area contributed by atoms with Crippen molar-refractivity contribution >= 4 is 11.6 Å². The zero-order valence-corrected chi connectivity index (χ0v) is 14.5. The number of aryl methyl sites for hydroxylation is 1. The predicted octanol–water partition coefficient (Wildman–Crippen LogP) is 3.26. The maximum Gasteiger partial charge on any atom is 0.228 e. The molecule has 0 N–H and O–H groups in total. The number of rotatable bonds is 3. The Bertz CT molecular complexity index is 895. The summed E-state index contributed by atoms with van der Waals surface area (Å²) in [6.07, 6.45) is 3.79. The molecule has 1 aliphatic heterocycles. The van der Waals surface area contributed by atoms with E-state index in [9.17, 15) is 4.79 Å². The van der Waals surface area contributed by atoms with E-state index in [1.54, 1.807) is 0 Å². The summed E-state index contributed by atoms with van der Waals surface area (Å²) in [5.41, 5.74) is 4.61. The summed E-state index contributed by atoms with van der Waals surface area (Å²) in [4.78, 5) is 19.2. The van der Waals surface area contributed by atoms with Gasteiger partial charge in [0.2, 0.25) is 5.91 Å². The van der Waals surface area contributed by atoms with Crippen LogP contribution in [0, 0.1) is 6.92 Å².